The summed E-state index contributed by atoms with van der Waals surface area (Å²) in [7, 11) is 0. The number of carbonyl (C=O) groups is 1. The molecule has 0 aliphatic carbocycles. The van der Waals surface area contributed by atoms with Gasteiger partial charge in [0, 0.05) is 8.04 Å². The zero-order valence-corrected chi connectivity index (χ0v) is 9.72. The third kappa shape index (κ3) is 2.63. The summed E-state index contributed by atoms with van der Waals surface area (Å²) < 4.78 is 1.86. The Morgan fingerprint density at radius 1 is 1.58 bits per heavy atom. The second kappa shape index (κ2) is 4.08. The van der Waals surface area contributed by atoms with Gasteiger partial charge in [-0.05, 0) is 56.7 Å². The summed E-state index contributed by atoms with van der Waals surface area (Å²) in [5, 5.41) is 2.50. The fraction of sp³-hybridized carbons (Fsp3) is 0. The highest BCUT2D eigenvalue weighted by Crippen LogP contribution is 2.23. The predicted molar refractivity (Wildman–Crippen MR) is 60.1 cm³/mol. The van der Waals surface area contributed by atoms with Crippen molar-refractivity contribution in [2.45, 2.75) is 0 Å². The minimum absolute atomic E-state index is 0.558. The number of nitrogens with one attached hydrogen (secondary N) is 1. The highest BCUT2D eigenvalue weighted by Gasteiger charge is 2.01. The second-order valence-corrected chi connectivity index (χ2v) is 4.21. The van der Waals surface area contributed by atoms with Gasteiger partial charge in [0.25, 0.3) is 0 Å². The molecule has 2 amide bonds. The van der Waals surface area contributed by atoms with Crippen LogP contribution in [0, 0.1) is 3.57 Å². The maximum Gasteiger partial charge on any atom is 0.316 e. The number of rotatable bonds is 1. The summed E-state index contributed by atoms with van der Waals surface area (Å²) in [6, 6.07) is 5.05. The van der Waals surface area contributed by atoms with E-state index in [1.54, 1.807) is 0 Å². The third-order valence-electron chi connectivity index (χ3n) is 1.19. The first-order valence-corrected chi connectivity index (χ1v) is 4.98. The molecule has 0 spiro atoms. The van der Waals surface area contributed by atoms with Gasteiger partial charge in [-0.15, -0.1) is 0 Å². The van der Waals surface area contributed by atoms with Crippen molar-refractivity contribution in [3.63, 3.8) is 0 Å². The fourth-order valence-corrected chi connectivity index (χ4v) is 1.56. The van der Waals surface area contributed by atoms with Crippen LogP contribution >= 0.6 is 38.5 Å². The molecule has 0 heterocycles. The van der Waals surface area contributed by atoms with Gasteiger partial charge in [-0.1, -0.05) is 0 Å². The molecule has 0 atom stereocenters. The molecule has 1 aromatic carbocycles. The van der Waals surface area contributed by atoms with Gasteiger partial charge in [0.1, 0.15) is 0 Å². The second-order valence-electron chi connectivity index (χ2n) is 2.11. The van der Waals surface area contributed by atoms with Crippen molar-refractivity contribution >= 4 is 50.2 Å². The molecule has 64 valence electrons. The molecule has 0 unspecified atom stereocenters. The van der Waals surface area contributed by atoms with Crippen LogP contribution in [-0.4, -0.2) is 6.03 Å². The molecule has 0 radical (unpaired) electrons. The van der Waals surface area contributed by atoms with E-state index in [9.17, 15) is 4.79 Å². The summed E-state index contributed by atoms with van der Waals surface area (Å²) in [6.45, 7) is 0. The number of carbonyl (C=O) groups excluding carboxylic acids is 1. The molecule has 3 nitrogen and oxygen atoms in total. The molecule has 0 saturated heterocycles. The molecule has 12 heavy (non-hydrogen) atoms. The third-order valence-corrected chi connectivity index (χ3v) is 2.55. The van der Waals surface area contributed by atoms with Gasteiger partial charge in [0.05, 0.1) is 5.69 Å². The largest absolute Gasteiger partial charge is 0.351 e. The topological polar surface area (TPSA) is 55.1 Å². The number of amides is 2. The van der Waals surface area contributed by atoms with E-state index in [0.29, 0.717) is 5.69 Å². The normalized spacial score (nSPS) is 9.50. The van der Waals surface area contributed by atoms with Crippen LogP contribution < -0.4 is 11.1 Å². The number of hydrogen-bond donors (Lipinski definition) is 2. The Labute approximate surface area is 92.0 Å². The Hall–Kier alpha value is -0.300. The highest BCUT2D eigenvalue weighted by molar-refractivity contribution is 14.1. The van der Waals surface area contributed by atoms with Crippen molar-refractivity contribution < 1.29 is 4.79 Å². The Morgan fingerprint density at radius 2 is 2.25 bits per heavy atom. The average Bonchev–Trinajstić information content (AvgIpc) is 1.96. The van der Waals surface area contributed by atoms with Gasteiger partial charge in [0.2, 0.25) is 0 Å². The number of primary amides is 1. The Morgan fingerprint density at radius 3 is 2.83 bits per heavy atom. The van der Waals surface area contributed by atoms with Crippen LogP contribution in [0.25, 0.3) is 0 Å². The van der Waals surface area contributed by atoms with Crippen molar-refractivity contribution in [1.29, 1.82) is 0 Å². The summed E-state index contributed by atoms with van der Waals surface area (Å²) in [5.41, 5.74) is 5.66. The van der Waals surface area contributed by atoms with Gasteiger partial charge < -0.3 is 11.1 Å². The van der Waals surface area contributed by atoms with Crippen LogP contribution in [0.1, 0.15) is 0 Å². The molecule has 3 N–H and O–H groups in total. The summed E-state index contributed by atoms with van der Waals surface area (Å²) >= 11 is 5.44. The minimum atomic E-state index is -0.558. The molecular weight excluding hydrogens is 335 g/mol. The van der Waals surface area contributed by atoms with Gasteiger partial charge in [0.15, 0.2) is 0 Å². The smallest absolute Gasteiger partial charge is 0.316 e. The summed E-state index contributed by atoms with van der Waals surface area (Å²) in [4.78, 5) is 10.5. The summed E-state index contributed by atoms with van der Waals surface area (Å²) in [6.07, 6.45) is 0. The molecule has 1 rings (SSSR count). The van der Waals surface area contributed by atoms with Gasteiger partial charge in [-0.2, -0.15) is 0 Å². The van der Waals surface area contributed by atoms with E-state index in [-0.39, 0.29) is 0 Å². The van der Waals surface area contributed by atoms with Gasteiger partial charge >= 0.3 is 6.03 Å². The SMILES string of the molecule is NC(=O)Nc1cc(I)ccc1Br. The summed E-state index contributed by atoms with van der Waals surface area (Å²) in [5.74, 6) is 0. The van der Waals surface area contributed by atoms with Crippen LogP contribution in [0.3, 0.4) is 0 Å². The molecule has 0 saturated carbocycles. The van der Waals surface area contributed by atoms with Crippen LogP contribution in [-0.2, 0) is 0 Å². The molecule has 1 aromatic rings. The van der Waals surface area contributed by atoms with Gasteiger partial charge in [-0.3, -0.25) is 0 Å². The Balaban J connectivity index is 2.97. The first kappa shape index (κ1) is 9.79. The van der Waals surface area contributed by atoms with E-state index in [1.165, 1.54) is 0 Å². The molecule has 0 aliphatic heterocycles. The van der Waals surface area contributed by atoms with Crippen LogP contribution in [0.2, 0.25) is 0 Å². The van der Waals surface area contributed by atoms with Crippen molar-refractivity contribution in [2.24, 2.45) is 5.73 Å². The number of benzene rings is 1. The molecule has 0 fully saturated rings. The van der Waals surface area contributed by atoms with Crippen molar-refractivity contribution in [2.75, 3.05) is 5.32 Å². The fourth-order valence-electron chi connectivity index (χ4n) is 0.726. The maximum atomic E-state index is 10.5. The Kier molecular flexibility index (Phi) is 3.33. The first-order chi connectivity index (χ1) is 5.59. The van der Waals surface area contributed by atoms with E-state index >= 15 is 0 Å². The quantitative estimate of drug-likeness (QED) is 0.758. The van der Waals surface area contributed by atoms with Crippen LogP contribution in [0.4, 0.5) is 10.5 Å². The Bertz CT molecular complexity index is 316. The number of anilines is 1. The molecule has 5 heteroatoms. The first-order valence-electron chi connectivity index (χ1n) is 3.11. The molecule has 0 aliphatic rings. The zero-order valence-electron chi connectivity index (χ0n) is 5.97. The van der Waals surface area contributed by atoms with E-state index in [0.717, 1.165) is 8.04 Å². The zero-order chi connectivity index (χ0) is 9.14. The van der Waals surface area contributed by atoms with Crippen molar-refractivity contribution in [1.82, 2.24) is 0 Å². The van der Waals surface area contributed by atoms with Crippen LogP contribution in [0.15, 0.2) is 22.7 Å². The molecular formula is C7H6BrIN2O. The van der Waals surface area contributed by atoms with Gasteiger partial charge in [-0.25, -0.2) is 4.79 Å². The van der Waals surface area contributed by atoms with E-state index in [1.807, 2.05) is 18.2 Å². The van der Waals surface area contributed by atoms with Crippen molar-refractivity contribution in [3.8, 4) is 0 Å². The van der Waals surface area contributed by atoms with E-state index < -0.39 is 6.03 Å². The number of halogens is 2. The lowest BCUT2D eigenvalue weighted by Gasteiger charge is -2.04. The lowest BCUT2D eigenvalue weighted by Crippen LogP contribution is -2.19. The molecule has 0 bridgehead atoms. The monoisotopic (exact) mass is 340 g/mol. The van der Waals surface area contributed by atoms with E-state index in [4.69, 9.17) is 5.73 Å². The van der Waals surface area contributed by atoms with Crippen molar-refractivity contribution in [3.05, 3.63) is 26.2 Å². The number of urea groups is 1. The highest BCUT2D eigenvalue weighted by atomic mass is 127. The standard InChI is InChI=1S/C7H6BrIN2O/c8-5-2-1-4(9)3-6(5)11-7(10)12/h1-3H,(H3,10,11,12). The predicted octanol–water partition coefficient (Wildman–Crippen LogP) is 2.54. The van der Waals surface area contributed by atoms with E-state index in [2.05, 4.69) is 43.8 Å². The minimum Gasteiger partial charge on any atom is -0.351 e. The average molecular weight is 341 g/mol. The van der Waals surface area contributed by atoms with Crippen LogP contribution in [0.5, 0.6) is 0 Å². The molecule has 0 aromatic heterocycles. The number of nitrogens with two attached hydrogens (primary N) is 1. The maximum absolute atomic E-state index is 10.5. The lowest BCUT2D eigenvalue weighted by molar-refractivity contribution is 0.259. The number of hydrogen-bond acceptors (Lipinski definition) is 1. The lowest BCUT2D eigenvalue weighted by atomic mass is 10.3.